The third-order valence-electron chi connectivity index (χ3n) is 3.61. The van der Waals surface area contributed by atoms with Crippen LogP contribution in [0.3, 0.4) is 0 Å². The molecule has 2 N–H and O–H groups in total. The van der Waals surface area contributed by atoms with Gasteiger partial charge in [-0.1, -0.05) is 59.6 Å². The SMILES string of the molecule is Cc1cc(Nc2cccc(Cl)c2Cl)nc(NCCc2ccccc2)n1. The van der Waals surface area contributed by atoms with E-state index in [9.17, 15) is 0 Å². The van der Waals surface area contributed by atoms with Gasteiger partial charge in [0.25, 0.3) is 0 Å². The molecule has 3 rings (SSSR count). The number of aromatic nitrogens is 2. The van der Waals surface area contributed by atoms with Crippen molar-refractivity contribution in [2.75, 3.05) is 17.2 Å². The Balaban J connectivity index is 1.69. The fraction of sp³-hybridized carbons (Fsp3) is 0.158. The molecule has 25 heavy (non-hydrogen) atoms. The summed E-state index contributed by atoms with van der Waals surface area (Å²) in [4.78, 5) is 8.92. The van der Waals surface area contributed by atoms with Crippen LogP contribution in [0.2, 0.25) is 10.0 Å². The summed E-state index contributed by atoms with van der Waals surface area (Å²) in [6.07, 6.45) is 0.904. The van der Waals surface area contributed by atoms with Gasteiger partial charge in [-0.05, 0) is 31.0 Å². The van der Waals surface area contributed by atoms with E-state index in [1.165, 1.54) is 5.56 Å². The van der Waals surface area contributed by atoms with Crippen LogP contribution < -0.4 is 10.6 Å². The number of nitrogens with one attached hydrogen (secondary N) is 2. The molecule has 0 amide bonds. The lowest BCUT2D eigenvalue weighted by Crippen LogP contribution is -2.09. The number of rotatable bonds is 6. The van der Waals surface area contributed by atoms with E-state index in [-0.39, 0.29) is 0 Å². The molecule has 0 aliphatic rings. The summed E-state index contributed by atoms with van der Waals surface area (Å²) in [6, 6.07) is 17.6. The molecule has 0 atom stereocenters. The van der Waals surface area contributed by atoms with Crippen LogP contribution in [0.25, 0.3) is 0 Å². The topological polar surface area (TPSA) is 49.8 Å². The summed E-state index contributed by atoms with van der Waals surface area (Å²) in [5.41, 5.74) is 2.84. The predicted octanol–water partition coefficient (Wildman–Crippen LogP) is 5.49. The Kier molecular flexibility index (Phi) is 5.74. The van der Waals surface area contributed by atoms with Gasteiger partial charge in [-0.25, -0.2) is 4.98 Å². The number of anilines is 3. The van der Waals surface area contributed by atoms with Gasteiger partial charge in [0.15, 0.2) is 0 Å². The lowest BCUT2D eigenvalue weighted by atomic mass is 10.1. The quantitative estimate of drug-likeness (QED) is 0.600. The van der Waals surface area contributed by atoms with Gasteiger partial charge in [-0.3, -0.25) is 0 Å². The maximum absolute atomic E-state index is 6.22. The molecule has 128 valence electrons. The normalized spacial score (nSPS) is 10.5. The Hall–Kier alpha value is -2.30. The molecule has 1 heterocycles. The Morgan fingerprint density at radius 3 is 2.56 bits per heavy atom. The van der Waals surface area contributed by atoms with Crippen molar-refractivity contribution in [2.45, 2.75) is 13.3 Å². The fourth-order valence-corrected chi connectivity index (χ4v) is 2.76. The highest BCUT2D eigenvalue weighted by atomic mass is 35.5. The molecule has 2 aromatic carbocycles. The minimum atomic E-state index is 0.471. The van der Waals surface area contributed by atoms with Crippen LogP contribution in [0.1, 0.15) is 11.3 Å². The van der Waals surface area contributed by atoms with Gasteiger partial charge in [0.1, 0.15) is 5.82 Å². The van der Waals surface area contributed by atoms with E-state index < -0.39 is 0 Å². The fourth-order valence-electron chi connectivity index (χ4n) is 2.41. The third-order valence-corrected chi connectivity index (χ3v) is 4.43. The monoisotopic (exact) mass is 372 g/mol. The minimum absolute atomic E-state index is 0.471. The molecule has 0 aliphatic carbocycles. The Morgan fingerprint density at radius 1 is 0.960 bits per heavy atom. The van der Waals surface area contributed by atoms with E-state index >= 15 is 0 Å². The summed E-state index contributed by atoms with van der Waals surface area (Å²) in [6.45, 7) is 2.68. The zero-order chi connectivity index (χ0) is 17.6. The number of nitrogens with zero attached hydrogens (tertiary/aromatic N) is 2. The average Bonchev–Trinajstić information content (AvgIpc) is 2.59. The number of hydrogen-bond donors (Lipinski definition) is 2. The van der Waals surface area contributed by atoms with Crippen molar-refractivity contribution in [3.63, 3.8) is 0 Å². The van der Waals surface area contributed by atoms with Gasteiger partial charge >= 0.3 is 0 Å². The van der Waals surface area contributed by atoms with Crippen molar-refractivity contribution in [3.05, 3.63) is 75.9 Å². The maximum atomic E-state index is 6.22. The summed E-state index contributed by atoms with van der Waals surface area (Å²) in [5.74, 6) is 1.25. The molecule has 4 nitrogen and oxygen atoms in total. The Bertz CT molecular complexity index is 853. The van der Waals surface area contributed by atoms with Crippen LogP contribution in [0, 0.1) is 6.92 Å². The van der Waals surface area contributed by atoms with E-state index in [0.29, 0.717) is 27.5 Å². The molecule has 0 aliphatic heterocycles. The number of benzene rings is 2. The largest absolute Gasteiger partial charge is 0.354 e. The van der Waals surface area contributed by atoms with Crippen molar-refractivity contribution in [1.29, 1.82) is 0 Å². The molecule has 6 heteroatoms. The first-order chi connectivity index (χ1) is 12.1. The van der Waals surface area contributed by atoms with E-state index in [1.54, 1.807) is 6.07 Å². The van der Waals surface area contributed by atoms with E-state index in [4.69, 9.17) is 23.2 Å². The van der Waals surface area contributed by atoms with Gasteiger partial charge in [0, 0.05) is 18.3 Å². The second-order valence-electron chi connectivity index (χ2n) is 5.61. The summed E-state index contributed by atoms with van der Waals surface area (Å²) >= 11 is 12.3. The number of hydrogen-bond acceptors (Lipinski definition) is 4. The van der Waals surface area contributed by atoms with Crippen molar-refractivity contribution < 1.29 is 0 Å². The van der Waals surface area contributed by atoms with Crippen LogP contribution in [0.15, 0.2) is 54.6 Å². The predicted molar refractivity (Wildman–Crippen MR) is 105 cm³/mol. The van der Waals surface area contributed by atoms with Crippen molar-refractivity contribution >= 4 is 40.7 Å². The highest BCUT2D eigenvalue weighted by Crippen LogP contribution is 2.31. The van der Waals surface area contributed by atoms with Crippen LogP contribution in [0.4, 0.5) is 17.5 Å². The summed E-state index contributed by atoms with van der Waals surface area (Å²) < 4.78 is 0. The highest BCUT2D eigenvalue weighted by Gasteiger charge is 2.07. The van der Waals surface area contributed by atoms with E-state index in [0.717, 1.165) is 18.7 Å². The van der Waals surface area contributed by atoms with Crippen LogP contribution >= 0.6 is 23.2 Å². The second-order valence-corrected chi connectivity index (χ2v) is 6.39. The molecular formula is C19H18Cl2N4. The molecule has 0 unspecified atom stereocenters. The lowest BCUT2D eigenvalue weighted by Gasteiger charge is -2.11. The lowest BCUT2D eigenvalue weighted by molar-refractivity contribution is 0.976. The Labute approximate surface area is 157 Å². The number of aryl methyl sites for hydroxylation is 1. The number of halogens is 2. The second kappa shape index (κ2) is 8.19. The first kappa shape index (κ1) is 17.5. The van der Waals surface area contributed by atoms with E-state index in [1.807, 2.05) is 43.3 Å². The maximum Gasteiger partial charge on any atom is 0.224 e. The van der Waals surface area contributed by atoms with Crippen molar-refractivity contribution in [3.8, 4) is 0 Å². The molecule has 0 fully saturated rings. The van der Waals surface area contributed by atoms with Gasteiger partial charge in [-0.15, -0.1) is 0 Å². The van der Waals surface area contributed by atoms with Crippen molar-refractivity contribution in [1.82, 2.24) is 9.97 Å². The molecule has 3 aromatic rings. The molecule has 0 saturated carbocycles. The third kappa shape index (κ3) is 4.84. The van der Waals surface area contributed by atoms with Gasteiger partial charge in [-0.2, -0.15) is 4.98 Å². The summed E-state index contributed by atoms with van der Waals surface area (Å²) in [5, 5.41) is 7.43. The van der Waals surface area contributed by atoms with Crippen LogP contribution in [-0.2, 0) is 6.42 Å². The average molecular weight is 373 g/mol. The Morgan fingerprint density at radius 2 is 1.76 bits per heavy atom. The van der Waals surface area contributed by atoms with Crippen molar-refractivity contribution in [2.24, 2.45) is 0 Å². The van der Waals surface area contributed by atoms with Gasteiger partial charge < -0.3 is 10.6 Å². The van der Waals surface area contributed by atoms with E-state index in [2.05, 4.69) is 32.7 Å². The van der Waals surface area contributed by atoms with Crippen LogP contribution in [-0.4, -0.2) is 16.5 Å². The molecule has 1 aromatic heterocycles. The molecule has 0 spiro atoms. The standard InChI is InChI=1S/C19H18Cl2N4/c1-13-12-17(24-16-9-5-8-15(20)18(16)21)25-19(23-13)22-11-10-14-6-3-2-4-7-14/h2-9,12H,10-11H2,1H3,(H2,22,23,24,25). The summed E-state index contributed by atoms with van der Waals surface area (Å²) in [7, 11) is 0. The minimum Gasteiger partial charge on any atom is -0.354 e. The molecule has 0 saturated heterocycles. The smallest absolute Gasteiger partial charge is 0.224 e. The molecule has 0 bridgehead atoms. The van der Waals surface area contributed by atoms with Gasteiger partial charge in [0.05, 0.1) is 15.7 Å². The first-order valence-electron chi connectivity index (χ1n) is 7.96. The van der Waals surface area contributed by atoms with Crippen LogP contribution in [0.5, 0.6) is 0 Å². The zero-order valence-electron chi connectivity index (χ0n) is 13.8. The highest BCUT2D eigenvalue weighted by molar-refractivity contribution is 6.43. The molecule has 0 radical (unpaired) electrons. The zero-order valence-corrected chi connectivity index (χ0v) is 15.3. The molecular weight excluding hydrogens is 355 g/mol. The first-order valence-corrected chi connectivity index (χ1v) is 8.72. The van der Waals surface area contributed by atoms with Gasteiger partial charge in [0.2, 0.25) is 5.95 Å².